The molecule has 0 spiro atoms. The molecule has 0 aliphatic carbocycles. The molecule has 0 aliphatic rings. The molecule has 0 radical (unpaired) electrons. The van der Waals surface area contributed by atoms with E-state index in [2.05, 4.69) is 10.1 Å². The Bertz CT molecular complexity index is 1160. The van der Waals surface area contributed by atoms with Crippen LogP contribution in [0.3, 0.4) is 0 Å². The van der Waals surface area contributed by atoms with E-state index in [1.165, 1.54) is 0 Å². The fraction of sp³-hybridized carbons (Fsp3) is 0.192. The number of carbonyl (C=O) groups excluding carboxylic acids is 3. The molecule has 0 aromatic heterocycles. The average molecular weight is 476 g/mol. The topological polar surface area (TPSA) is 125 Å². The van der Waals surface area contributed by atoms with E-state index in [0.29, 0.717) is 13.0 Å². The highest BCUT2D eigenvalue weighted by atomic mass is 16.6. The van der Waals surface area contributed by atoms with Crippen molar-refractivity contribution in [1.29, 1.82) is 0 Å². The Hall–Kier alpha value is -4.53. The standard InChI is InChI=1S/C26H24N2O7/c1-34-25(30)20-14-21(16-22(15-20)28(32)33)26(31)35-17-24(29)27-13-12-23(18-8-4-2-5-9-18)19-10-6-3-7-11-19/h2-11,14-16,23H,12-13,17H2,1H3,(H,27,29). The number of methoxy groups -OCH3 is 1. The van der Waals surface area contributed by atoms with Crippen molar-refractivity contribution in [1.82, 2.24) is 5.32 Å². The van der Waals surface area contributed by atoms with Crippen LogP contribution in [0.2, 0.25) is 0 Å². The second-order valence-electron chi connectivity index (χ2n) is 7.61. The van der Waals surface area contributed by atoms with Gasteiger partial charge in [0.1, 0.15) is 0 Å². The molecule has 0 atom stereocenters. The van der Waals surface area contributed by atoms with Crippen molar-refractivity contribution in [3.05, 3.63) is 111 Å². The number of nitrogens with one attached hydrogen (secondary N) is 1. The van der Waals surface area contributed by atoms with Crippen LogP contribution >= 0.6 is 0 Å². The molecule has 0 saturated carbocycles. The van der Waals surface area contributed by atoms with Crippen LogP contribution < -0.4 is 5.32 Å². The summed E-state index contributed by atoms with van der Waals surface area (Å²) in [6.45, 7) is -0.232. The summed E-state index contributed by atoms with van der Waals surface area (Å²) in [5, 5.41) is 13.8. The molecule has 1 N–H and O–H groups in total. The lowest BCUT2D eigenvalue weighted by molar-refractivity contribution is -0.384. The molecule has 3 aromatic rings. The van der Waals surface area contributed by atoms with Gasteiger partial charge in [0.25, 0.3) is 11.6 Å². The third-order valence-corrected chi connectivity index (χ3v) is 5.28. The number of nitrogens with zero attached hydrogens (tertiary/aromatic N) is 1. The third-order valence-electron chi connectivity index (χ3n) is 5.28. The number of rotatable bonds is 10. The molecule has 35 heavy (non-hydrogen) atoms. The zero-order chi connectivity index (χ0) is 25.2. The van der Waals surface area contributed by atoms with Gasteiger partial charge in [0.2, 0.25) is 0 Å². The van der Waals surface area contributed by atoms with E-state index >= 15 is 0 Å². The average Bonchev–Trinajstić information content (AvgIpc) is 2.89. The molecule has 1 amide bonds. The van der Waals surface area contributed by atoms with Gasteiger partial charge in [-0.25, -0.2) is 9.59 Å². The number of non-ortho nitro benzene ring substituents is 1. The van der Waals surface area contributed by atoms with E-state index in [9.17, 15) is 24.5 Å². The fourth-order valence-electron chi connectivity index (χ4n) is 3.59. The molecule has 3 aromatic carbocycles. The van der Waals surface area contributed by atoms with Gasteiger partial charge < -0.3 is 14.8 Å². The Labute approximate surface area is 201 Å². The molecule has 0 unspecified atom stereocenters. The summed E-state index contributed by atoms with van der Waals surface area (Å²) in [6.07, 6.45) is 0.626. The molecule has 0 saturated heterocycles. The van der Waals surface area contributed by atoms with E-state index < -0.39 is 35.1 Å². The van der Waals surface area contributed by atoms with Crippen molar-refractivity contribution in [3.63, 3.8) is 0 Å². The summed E-state index contributed by atoms with van der Waals surface area (Å²) < 4.78 is 9.55. The molecule has 180 valence electrons. The van der Waals surface area contributed by atoms with Gasteiger partial charge in [-0.15, -0.1) is 0 Å². The molecule has 9 nitrogen and oxygen atoms in total. The van der Waals surface area contributed by atoms with Crippen LogP contribution in [0, 0.1) is 10.1 Å². The van der Waals surface area contributed by atoms with Crippen LogP contribution in [0.4, 0.5) is 5.69 Å². The van der Waals surface area contributed by atoms with Crippen molar-refractivity contribution in [2.75, 3.05) is 20.3 Å². The van der Waals surface area contributed by atoms with Gasteiger partial charge in [0, 0.05) is 24.6 Å². The van der Waals surface area contributed by atoms with Crippen molar-refractivity contribution in [3.8, 4) is 0 Å². The van der Waals surface area contributed by atoms with E-state index in [1.54, 1.807) is 0 Å². The highest BCUT2D eigenvalue weighted by molar-refractivity contribution is 5.97. The zero-order valence-corrected chi connectivity index (χ0v) is 19.0. The van der Waals surface area contributed by atoms with Gasteiger partial charge >= 0.3 is 11.9 Å². The van der Waals surface area contributed by atoms with Crippen LogP contribution in [-0.4, -0.2) is 43.0 Å². The number of carbonyl (C=O) groups is 3. The van der Waals surface area contributed by atoms with Gasteiger partial charge in [0.15, 0.2) is 6.61 Å². The molecule has 9 heteroatoms. The van der Waals surface area contributed by atoms with Gasteiger partial charge in [-0.3, -0.25) is 14.9 Å². The molecule has 0 fully saturated rings. The number of hydrogen-bond donors (Lipinski definition) is 1. The molecule has 0 bridgehead atoms. The second-order valence-corrected chi connectivity index (χ2v) is 7.61. The number of ether oxygens (including phenoxy) is 2. The number of nitro benzene ring substituents is 1. The summed E-state index contributed by atoms with van der Waals surface area (Å²) in [6, 6.07) is 22.9. The second kappa shape index (κ2) is 12.1. The minimum atomic E-state index is -0.972. The summed E-state index contributed by atoms with van der Waals surface area (Å²) in [5.41, 5.74) is 1.35. The molecular weight excluding hydrogens is 452 g/mol. The molecule has 3 rings (SSSR count). The maximum atomic E-state index is 12.4. The van der Waals surface area contributed by atoms with Crippen LogP contribution in [0.25, 0.3) is 0 Å². The van der Waals surface area contributed by atoms with Gasteiger partial charge in [-0.2, -0.15) is 0 Å². The molecular formula is C26H24N2O7. The first kappa shape index (κ1) is 25.1. The first-order valence-electron chi connectivity index (χ1n) is 10.8. The Morgan fingerprint density at radius 3 is 1.94 bits per heavy atom. The maximum absolute atomic E-state index is 12.4. The van der Waals surface area contributed by atoms with Crippen molar-refractivity contribution >= 4 is 23.5 Å². The van der Waals surface area contributed by atoms with Crippen molar-refractivity contribution in [2.45, 2.75) is 12.3 Å². The lowest BCUT2D eigenvalue weighted by atomic mass is 9.88. The lowest BCUT2D eigenvalue weighted by Gasteiger charge is -2.18. The Balaban J connectivity index is 1.58. The minimum absolute atomic E-state index is 0.0712. The largest absolute Gasteiger partial charge is 0.465 e. The Morgan fingerprint density at radius 1 is 0.886 bits per heavy atom. The lowest BCUT2D eigenvalue weighted by Crippen LogP contribution is -2.30. The number of benzene rings is 3. The van der Waals surface area contributed by atoms with Gasteiger partial charge in [0.05, 0.1) is 23.2 Å². The van der Waals surface area contributed by atoms with Crippen LogP contribution in [-0.2, 0) is 14.3 Å². The normalized spacial score (nSPS) is 10.5. The first-order chi connectivity index (χ1) is 16.9. The Kier molecular flexibility index (Phi) is 8.66. The summed E-state index contributed by atoms with van der Waals surface area (Å²) in [4.78, 5) is 46.7. The maximum Gasteiger partial charge on any atom is 0.338 e. The Morgan fingerprint density at radius 2 is 1.43 bits per heavy atom. The quantitative estimate of drug-likeness (QED) is 0.267. The monoisotopic (exact) mass is 476 g/mol. The number of hydrogen-bond acceptors (Lipinski definition) is 7. The first-order valence-corrected chi connectivity index (χ1v) is 10.8. The van der Waals surface area contributed by atoms with Gasteiger partial charge in [-0.1, -0.05) is 60.7 Å². The zero-order valence-electron chi connectivity index (χ0n) is 19.0. The van der Waals surface area contributed by atoms with Crippen molar-refractivity contribution in [2.24, 2.45) is 0 Å². The number of nitro groups is 1. The smallest absolute Gasteiger partial charge is 0.338 e. The fourth-order valence-corrected chi connectivity index (χ4v) is 3.59. The minimum Gasteiger partial charge on any atom is -0.465 e. The predicted octanol–water partition coefficient (Wildman–Crippen LogP) is 3.88. The van der Waals surface area contributed by atoms with Crippen molar-refractivity contribution < 1.29 is 28.8 Å². The highest BCUT2D eigenvalue weighted by Gasteiger charge is 2.20. The van der Waals surface area contributed by atoms with E-state index in [-0.39, 0.29) is 17.0 Å². The molecule has 0 heterocycles. The van der Waals surface area contributed by atoms with E-state index in [4.69, 9.17) is 4.74 Å². The van der Waals surface area contributed by atoms with Crippen LogP contribution in [0.1, 0.15) is 44.2 Å². The van der Waals surface area contributed by atoms with Crippen LogP contribution in [0.15, 0.2) is 78.9 Å². The van der Waals surface area contributed by atoms with E-state index in [1.807, 2.05) is 60.7 Å². The number of esters is 2. The summed E-state index contributed by atoms with van der Waals surface area (Å²) in [5.74, 6) is -2.26. The molecule has 0 aliphatic heterocycles. The SMILES string of the molecule is COC(=O)c1cc(C(=O)OCC(=O)NCCC(c2ccccc2)c2ccccc2)cc([N+](=O)[O-])c1. The highest BCUT2D eigenvalue weighted by Crippen LogP contribution is 2.27. The number of amides is 1. The summed E-state index contributed by atoms with van der Waals surface area (Å²) >= 11 is 0. The van der Waals surface area contributed by atoms with Crippen LogP contribution in [0.5, 0.6) is 0 Å². The van der Waals surface area contributed by atoms with E-state index in [0.717, 1.165) is 36.4 Å². The summed E-state index contributed by atoms with van der Waals surface area (Å²) in [7, 11) is 1.11. The third kappa shape index (κ3) is 6.97. The van der Waals surface area contributed by atoms with Gasteiger partial charge in [-0.05, 0) is 23.6 Å². The predicted molar refractivity (Wildman–Crippen MR) is 127 cm³/mol.